The van der Waals surface area contributed by atoms with Crippen LogP contribution >= 0.6 is 11.6 Å². The molecule has 1 heterocycles. The van der Waals surface area contributed by atoms with Crippen LogP contribution in [0.1, 0.15) is 18.9 Å². The van der Waals surface area contributed by atoms with E-state index in [1.807, 2.05) is 19.1 Å². The van der Waals surface area contributed by atoms with Gasteiger partial charge in [0.1, 0.15) is 0 Å². The van der Waals surface area contributed by atoms with E-state index in [0.29, 0.717) is 6.04 Å². The minimum atomic E-state index is 0.281. The molecular formula is C12H16ClNO. The number of nitrogens with one attached hydrogen (secondary N) is 1. The monoisotopic (exact) mass is 225 g/mol. The van der Waals surface area contributed by atoms with Crippen LogP contribution in [0.25, 0.3) is 0 Å². The van der Waals surface area contributed by atoms with Gasteiger partial charge in [-0.2, -0.15) is 0 Å². The molecule has 82 valence electrons. The van der Waals surface area contributed by atoms with Crippen molar-refractivity contribution in [3.63, 3.8) is 0 Å². The molecule has 0 saturated carbocycles. The Bertz CT molecular complexity index is 353. The van der Waals surface area contributed by atoms with Gasteiger partial charge in [0.25, 0.3) is 0 Å². The standard InChI is InChI=1S/C12H16ClNO/c1-8-10(13)4-3-5-11(8)14-12-6-7-15-9(12)2/h3-5,9,12,14H,6-7H2,1-2H3/t9-,12+/m1/s1. The normalized spacial score (nSPS) is 25.5. The van der Waals surface area contributed by atoms with Gasteiger partial charge < -0.3 is 10.1 Å². The van der Waals surface area contributed by atoms with Crippen molar-refractivity contribution in [2.24, 2.45) is 0 Å². The molecule has 1 aliphatic heterocycles. The van der Waals surface area contributed by atoms with Gasteiger partial charge in [0.15, 0.2) is 0 Å². The quantitative estimate of drug-likeness (QED) is 0.835. The number of halogens is 1. The van der Waals surface area contributed by atoms with Gasteiger partial charge in [0.2, 0.25) is 0 Å². The zero-order valence-corrected chi connectivity index (χ0v) is 9.84. The summed E-state index contributed by atoms with van der Waals surface area (Å²) in [4.78, 5) is 0. The van der Waals surface area contributed by atoms with Gasteiger partial charge in [-0.3, -0.25) is 0 Å². The van der Waals surface area contributed by atoms with Crippen molar-refractivity contribution in [1.29, 1.82) is 0 Å². The van der Waals surface area contributed by atoms with E-state index in [1.165, 1.54) is 0 Å². The molecular weight excluding hydrogens is 210 g/mol. The average Bonchev–Trinajstić information content (AvgIpc) is 2.60. The summed E-state index contributed by atoms with van der Waals surface area (Å²) in [6.07, 6.45) is 1.34. The van der Waals surface area contributed by atoms with Crippen LogP contribution in [0.4, 0.5) is 5.69 Å². The lowest BCUT2D eigenvalue weighted by Gasteiger charge is -2.19. The lowest BCUT2D eigenvalue weighted by atomic mass is 10.1. The summed E-state index contributed by atoms with van der Waals surface area (Å²) in [5, 5.41) is 4.30. The molecule has 0 aliphatic carbocycles. The Balaban J connectivity index is 2.13. The Kier molecular flexibility index (Phi) is 3.17. The SMILES string of the molecule is Cc1c(Cl)cccc1N[C@H]1CCO[C@@H]1C. The number of hydrogen-bond acceptors (Lipinski definition) is 2. The van der Waals surface area contributed by atoms with E-state index >= 15 is 0 Å². The third kappa shape index (κ3) is 2.27. The smallest absolute Gasteiger partial charge is 0.0748 e. The summed E-state index contributed by atoms with van der Waals surface area (Å²) in [6.45, 7) is 4.98. The molecule has 0 radical (unpaired) electrons. The molecule has 0 amide bonds. The second-order valence-corrected chi connectivity index (χ2v) is 4.44. The Hall–Kier alpha value is -0.730. The van der Waals surface area contributed by atoms with E-state index < -0.39 is 0 Å². The van der Waals surface area contributed by atoms with E-state index in [4.69, 9.17) is 16.3 Å². The third-order valence-corrected chi connectivity index (χ3v) is 3.39. The number of hydrogen-bond donors (Lipinski definition) is 1. The molecule has 1 N–H and O–H groups in total. The fourth-order valence-corrected chi connectivity index (χ4v) is 2.06. The fourth-order valence-electron chi connectivity index (χ4n) is 1.88. The topological polar surface area (TPSA) is 21.3 Å². The van der Waals surface area contributed by atoms with Crippen molar-refractivity contribution < 1.29 is 4.74 Å². The highest BCUT2D eigenvalue weighted by Crippen LogP contribution is 2.26. The second-order valence-electron chi connectivity index (χ2n) is 4.03. The third-order valence-electron chi connectivity index (χ3n) is 2.98. The summed E-state index contributed by atoms with van der Waals surface area (Å²) >= 11 is 6.06. The highest BCUT2D eigenvalue weighted by atomic mass is 35.5. The zero-order chi connectivity index (χ0) is 10.8. The summed E-state index contributed by atoms with van der Waals surface area (Å²) in [6, 6.07) is 6.35. The lowest BCUT2D eigenvalue weighted by Crippen LogP contribution is -2.26. The highest BCUT2D eigenvalue weighted by Gasteiger charge is 2.24. The molecule has 1 fully saturated rings. The first-order chi connectivity index (χ1) is 7.18. The van der Waals surface area contributed by atoms with Gasteiger partial charge in [-0.25, -0.2) is 0 Å². The van der Waals surface area contributed by atoms with E-state index in [9.17, 15) is 0 Å². The first-order valence-electron chi connectivity index (χ1n) is 5.31. The average molecular weight is 226 g/mol. The molecule has 1 saturated heterocycles. The van der Waals surface area contributed by atoms with Gasteiger partial charge in [-0.05, 0) is 38.0 Å². The van der Waals surface area contributed by atoms with Crippen molar-refractivity contribution in [2.45, 2.75) is 32.4 Å². The van der Waals surface area contributed by atoms with Crippen LogP contribution in [0, 0.1) is 6.92 Å². The summed E-state index contributed by atoms with van der Waals surface area (Å²) in [5.41, 5.74) is 2.23. The van der Waals surface area contributed by atoms with Crippen molar-refractivity contribution in [2.75, 3.05) is 11.9 Å². The molecule has 1 aliphatic rings. The number of anilines is 1. The summed E-state index contributed by atoms with van der Waals surface area (Å²) in [5.74, 6) is 0. The van der Waals surface area contributed by atoms with Crippen LogP contribution in [0.3, 0.4) is 0 Å². The second kappa shape index (κ2) is 4.42. The van der Waals surface area contributed by atoms with Crippen LogP contribution < -0.4 is 5.32 Å². The molecule has 1 aromatic rings. The van der Waals surface area contributed by atoms with Gasteiger partial charge >= 0.3 is 0 Å². The zero-order valence-electron chi connectivity index (χ0n) is 9.09. The fraction of sp³-hybridized carbons (Fsp3) is 0.500. The maximum Gasteiger partial charge on any atom is 0.0748 e. The maximum atomic E-state index is 6.06. The molecule has 0 bridgehead atoms. The Morgan fingerprint density at radius 2 is 2.27 bits per heavy atom. The van der Waals surface area contributed by atoms with E-state index in [1.54, 1.807) is 0 Å². The maximum absolute atomic E-state index is 6.06. The van der Waals surface area contributed by atoms with Crippen LogP contribution in [0.15, 0.2) is 18.2 Å². The van der Waals surface area contributed by atoms with Crippen LogP contribution in [-0.4, -0.2) is 18.8 Å². The molecule has 2 rings (SSSR count). The van der Waals surface area contributed by atoms with Crippen molar-refractivity contribution >= 4 is 17.3 Å². The van der Waals surface area contributed by atoms with E-state index in [2.05, 4.69) is 18.3 Å². The molecule has 0 aromatic heterocycles. The lowest BCUT2D eigenvalue weighted by molar-refractivity contribution is 0.121. The Morgan fingerprint density at radius 3 is 2.93 bits per heavy atom. The van der Waals surface area contributed by atoms with E-state index in [0.717, 1.165) is 29.3 Å². The van der Waals surface area contributed by atoms with Crippen LogP contribution in [0.2, 0.25) is 5.02 Å². The van der Waals surface area contributed by atoms with Crippen LogP contribution in [0.5, 0.6) is 0 Å². The van der Waals surface area contributed by atoms with Crippen molar-refractivity contribution in [3.05, 3.63) is 28.8 Å². The number of rotatable bonds is 2. The predicted octanol–water partition coefficient (Wildman–Crippen LogP) is 3.24. The number of ether oxygens (including phenoxy) is 1. The highest BCUT2D eigenvalue weighted by molar-refractivity contribution is 6.31. The van der Waals surface area contributed by atoms with Gasteiger partial charge in [0.05, 0.1) is 12.1 Å². The minimum Gasteiger partial charge on any atom is -0.379 e. The van der Waals surface area contributed by atoms with Gasteiger partial charge in [0, 0.05) is 17.3 Å². The first-order valence-corrected chi connectivity index (χ1v) is 5.69. The Labute approximate surface area is 95.6 Å². The first kappa shape index (κ1) is 10.8. The Morgan fingerprint density at radius 1 is 1.47 bits per heavy atom. The van der Waals surface area contributed by atoms with Crippen molar-refractivity contribution in [3.8, 4) is 0 Å². The molecule has 0 unspecified atom stereocenters. The van der Waals surface area contributed by atoms with Crippen molar-refractivity contribution in [1.82, 2.24) is 0 Å². The van der Waals surface area contributed by atoms with Crippen LogP contribution in [-0.2, 0) is 4.74 Å². The largest absolute Gasteiger partial charge is 0.379 e. The molecule has 15 heavy (non-hydrogen) atoms. The van der Waals surface area contributed by atoms with Gasteiger partial charge in [-0.15, -0.1) is 0 Å². The molecule has 2 atom stereocenters. The molecule has 1 aromatic carbocycles. The van der Waals surface area contributed by atoms with Gasteiger partial charge in [-0.1, -0.05) is 17.7 Å². The molecule has 0 spiro atoms. The summed E-state index contributed by atoms with van der Waals surface area (Å²) in [7, 11) is 0. The molecule has 2 nitrogen and oxygen atoms in total. The summed E-state index contributed by atoms with van der Waals surface area (Å²) < 4.78 is 5.51. The minimum absolute atomic E-state index is 0.281. The number of benzene rings is 1. The van der Waals surface area contributed by atoms with E-state index in [-0.39, 0.29) is 6.10 Å². The molecule has 3 heteroatoms. The predicted molar refractivity (Wildman–Crippen MR) is 63.6 cm³/mol.